The number of hydrogen-bond donors (Lipinski definition) is 1. The summed E-state index contributed by atoms with van der Waals surface area (Å²) in [5, 5.41) is -0.235. The van der Waals surface area contributed by atoms with Crippen molar-refractivity contribution in [3.63, 3.8) is 0 Å². The van der Waals surface area contributed by atoms with E-state index in [2.05, 4.69) is 0 Å². The molecule has 2 aromatic rings. The van der Waals surface area contributed by atoms with Crippen LogP contribution in [0.1, 0.15) is 21.4 Å². The Hall–Kier alpha value is -0.970. The zero-order valence-corrected chi connectivity index (χ0v) is 10.6. The van der Waals surface area contributed by atoms with Gasteiger partial charge in [0.15, 0.2) is 0 Å². The minimum Gasteiger partial charge on any atom is -0.320 e. The molecule has 90 valence electrons. The zero-order chi connectivity index (χ0) is 12.6. The highest BCUT2D eigenvalue weighted by atomic mass is 35.5. The van der Waals surface area contributed by atoms with E-state index in [1.165, 1.54) is 11.3 Å². The van der Waals surface area contributed by atoms with Crippen molar-refractivity contribution in [2.45, 2.75) is 13.0 Å². The summed E-state index contributed by atoms with van der Waals surface area (Å²) in [7, 11) is 0. The Bertz CT molecular complexity index is 553. The second-order valence-corrected chi connectivity index (χ2v) is 5.44. The average molecular weight is 274 g/mol. The lowest BCUT2D eigenvalue weighted by Crippen LogP contribution is -2.12. The minimum absolute atomic E-state index is 0.119. The Labute approximate surface area is 107 Å². The number of thiophene rings is 1. The first kappa shape index (κ1) is 12.5. The van der Waals surface area contributed by atoms with Crippen LogP contribution in [0.5, 0.6) is 0 Å². The largest absolute Gasteiger partial charge is 0.320 e. The Morgan fingerprint density at radius 2 is 1.94 bits per heavy atom. The van der Waals surface area contributed by atoms with Gasteiger partial charge >= 0.3 is 0 Å². The van der Waals surface area contributed by atoms with Gasteiger partial charge in [0.2, 0.25) is 0 Å². The maximum Gasteiger partial charge on any atom is 0.142 e. The van der Waals surface area contributed by atoms with Gasteiger partial charge < -0.3 is 5.73 Å². The molecule has 0 saturated carbocycles. The third-order valence-corrected chi connectivity index (χ3v) is 3.82. The van der Waals surface area contributed by atoms with Gasteiger partial charge in [0.25, 0.3) is 0 Å². The van der Waals surface area contributed by atoms with Crippen molar-refractivity contribution in [3.8, 4) is 0 Å². The van der Waals surface area contributed by atoms with Crippen LogP contribution in [0, 0.1) is 18.6 Å². The van der Waals surface area contributed by atoms with Crippen molar-refractivity contribution < 1.29 is 8.78 Å². The molecule has 2 N–H and O–H groups in total. The van der Waals surface area contributed by atoms with Crippen LogP contribution < -0.4 is 5.73 Å². The molecule has 1 unspecified atom stereocenters. The molecule has 1 aromatic heterocycles. The third-order valence-electron chi connectivity index (χ3n) is 2.44. The highest BCUT2D eigenvalue weighted by Crippen LogP contribution is 2.30. The molecule has 5 heteroatoms. The first-order valence-electron chi connectivity index (χ1n) is 4.95. The van der Waals surface area contributed by atoms with E-state index < -0.39 is 17.7 Å². The van der Waals surface area contributed by atoms with E-state index in [0.717, 1.165) is 21.9 Å². The SMILES string of the molecule is Cc1ccc(C(N)c2cc(F)c(Cl)cc2F)s1. The number of rotatable bonds is 2. The molecule has 1 aromatic carbocycles. The zero-order valence-electron chi connectivity index (χ0n) is 9.01. The molecule has 1 heterocycles. The first-order chi connectivity index (χ1) is 7.99. The molecule has 0 bridgehead atoms. The molecular weight excluding hydrogens is 264 g/mol. The summed E-state index contributed by atoms with van der Waals surface area (Å²) in [6, 6.07) is 5.05. The van der Waals surface area contributed by atoms with Gasteiger partial charge in [-0.1, -0.05) is 11.6 Å². The lowest BCUT2D eigenvalue weighted by atomic mass is 10.1. The van der Waals surface area contributed by atoms with Crippen LogP contribution in [0.3, 0.4) is 0 Å². The van der Waals surface area contributed by atoms with Crippen LogP contribution in [-0.4, -0.2) is 0 Å². The second kappa shape index (κ2) is 4.72. The maximum absolute atomic E-state index is 13.6. The quantitative estimate of drug-likeness (QED) is 0.821. The van der Waals surface area contributed by atoms with Crippen molar-refractivity contribution in [2.24, 2.45) is 5.73 Å². The van der Waals surface area contributed by atoms with E-state index in [0.29, 0.717) is 0 Å². The summed E-state index contributed by atoms with van der Waals surface area (Å²) in [5.41, 5.74) is 6.03. The molecule has 0 fully saturated rings. The molecule has 1 atom stereocenters. The molecule has 17 heavy (non-hydrogen) atoms. The Morgan fingerprint density at radius 1 is 1.24 bits per heavy atom. The van der Waals surface area contributed by atoms with Gasteiger partial charge in [0.1, 0.15) is 11.6 Å². The fourth-order valence-corrected chi connectivity index (χ4v) is 2.60. The summed E-state index contributed by atoms with van der Waals surface area (Å²) in [6.45, 7) is 1.93. The van der Waals surface area contributed by atoms with Crippen LogP contribution in [0.15, 0.2) is 24.3 Å². The first-order valence-corrected chi connectivity index (χ1v) is 6.15. The molecule has 0 amide bonds. The smallest absolute Gasteiger partial charge is 0.142 e. The monoisotopic (exact) mass is 273 g/mol. The molecule has 2 rings (SSSR count). The van der Waals surface area contributed by atoms with Crippen LogP contribution in [0.2, 0.25) is 5.02 Å². The van der Waals surface area contributed by atoms with E-state index >= 15 is 0 Å². The van der Waals surface area contributed by atoms with Crippen LogP contribution in [0.25, 0.3) is 0 Å². The minimum atomic E-state index is -0.666. The molecule has 0 aliphatic rings. The number of nitrogens with two attached hydrogens (primary N) is 1. The van der Waals surface area contributed by atoms with Gasteiger partial charge in [-0.3, -0.25) is 0 Å². The number of halogens is 3. The van der Waals surface area contributed by atoms with Crippen molar-refractivity contribution >= 4 is 22.9 Å². The molecule has 1 nitrogen and oxygen atoms in total. The summed E-state index contributed by atoms with van der Waals surface area (Å²) in [6.07, 6.45) is 0. The van der Waals surface area contributed by atoms with Gasteiger partial charge in [0.05, 0.1) is 11.1 Å². The van der Waals surface area contributed by atoms with E-state index in [4.69, 9.17) is 17.3 Å². The molecule has 0 spiro atoms. The van der Waals surface area contributed by atoms with Crippen molar-refractivity contribution in [1.29, 1.82) is 0 Å². The van der Waals surface area contributed by atoms with Crippen LogP contribution in [-0.2, 0) is 0 Å². The number of aryl methyl sites for hydroxylation is 1. The fraction of sp³-hybridized carbons (Fsp3) is 0.167. The normalized spacial score (nSPS) is 12.8. The van der Waals surface area contributed by atoms with Crippen LogP contribution in [0.4, 0.5) is 8.78 Å². The number of hydrogen-bond acceptors (Lipinski definition) is 2. The third kappa shape index (κ3) is 2.49. The van der Waals surface area contributed by atoms with E-state index in [-0.39, 0.29) is 10.6 Å². The lowest BCUT2D eigenvalue weighted by Gasteiger charge is -2.11. The molecule has 0 saturated heterocycles. The highest BCUT2D eigenvalue weighted by molar-refractivity contribution is 7.12. The Morgan fingerprint density at radius 3 is 2.53 bits per heavy atom. The van der Waals surface area contributed by atoms with Crippen LogP contribution >= 0.6 is 22.9 Å². The predicted octanol–water partition coefficient (Wildman–Crippen LogP) is 4.04. The topological polar surface area (TPSA) is 26.0 Å². The lowest BCUT2D eigenvalue weighted by molar-refractivity contribution is 0.578. The van der Waals surface area contributed by atoms with Crippen molar-refractivity contribution in [3.05, 3.63) is 56.2 Å². The van der Waals surface area contributed by atoms with Crippen molar-refractivity contribution in [1.82, 2.24) is 0 Å². The summed E-state index contributed by atoms with van der Waals surface area (Å²) >= 11 is 6.95. The molecular formula is C12H10ClF2NS. The van der Waals surface area contributed by atoms with E-state index in [1.54, 1.807) is 0 Å². The Kier molecular flexibility index (Phi) is 3.47. The average Bonchev–Trinajstić information content (AvgIpc) is 2.69. The number of benzene rings is 1. The van der Waals surface area contributed by atoms with Crippen molar-refractivity contribution in [2.75, 3.05) is 0 Å². The molecule has 0 aliphatic carbocycles. The van der Waals surface area contributed by atoms with E-state index in [9.17, 15) is 8.78 Å². The standard InChI is InChI=1S/C12H10ClF2NS/c1-6-2-3-11(17-6)12(16)7-4-10(15)8(13)5-9(7)14/h2-5,12H,16H2,1H3. The van der Waals surface area contributed by atoms with Gasteiger partial charge in [0, 0.05) is 15.3 Å². The fourth-order valence-electron chi connectivity index (χ4n) is 1.55. The van der Waals surface area contributed by atoms with Gasteiger partial charge in [-0.15, -0.1) is 11.3 Å². The Balaban J connectivity index is 2.43. The highest BCUT2D eigenvalue weighted by Gasteiger charge is 2.17. The van der Waals surface area contributed by atoms with Gasteiger partial charge in [-0.05, 0) is 31.2 Å². The summed E-state index contributed by atoms with van der Waals surface area (Å²) in [5.74, 6) is -1.25. The second-order valence-electron chi connectivity index (χ2n) is 3.71. The predicted molar refractivity (Wildman–Crippen MR) is 66.5 cm³/mol. The summed E-state index contributed by atoms with van der Waals surface area (Å²) < 4.78 is 26.9. The van der Waals surface area contributed by atoms with Gasteiger partial charge in [-0.2, -0.15) is 0 Å². The van der Waals surface area contributed by atoms with E-state index in [1.807, 2.05) is 19.1 Å². The molecule has 0 aliphatic heterocycles. The summed E-state index contributed by atoms with van der Waals surface area (Å²) in [4.78, 5) is 1.87. The molecule has 0 radical (unpaired) electrons. The van der Waals surface area contributed by atoms with Gasteiger partial charge in [-0.25, -0.2) is 8.78 Å². The maximum atomic E-state index is 13.6.